The van der Waals surface area contributed by atoms with Crippen molar-refractivity contribution in [3.8, 4) is 0 Å². The van der Waals surface area contributed by atoms with Crippen molar-refractivity contribution in [3.63, 3.8) is 0 Å². The minimum absolute atomic E-state index is 0.0914. The first kappa shape index (κ1) is 19.9. The zero-order valence-electron chi connectivity index (χ0n) is 12.6. The number of aliphatic carboxylic acids is 1. The highest BCUT2D eigenvalue weighted by Gasteiger charge is 2.15. The quantitative estimate of drug-likeness (QED) is 0.521. The van der Waals surface area contributed by atoms with E-state index < -0.39 is 22.0 Å². The van der Waals surface area contributed by atoms with Crippen LogP contribution in [0.5, 0.6) is 0 Å². The van der Waals surface area contributed by atoms with Crippen molar-refractivity contribution in [2.45, 2.75) is 46.0 Å². The molecule has 0 fully saturated rings. The fourth-order valence-corrected chi connectivity index (χ4v) is 2.83. The second kappa shape index (κ2) is 10.6. The molecule has 0 spiro atoms. The maximum atomic E-state index is 11.7. The Labute approximate surface area is 126 Å². The van der Waals surface area contributed by atoms with E-state index >= 15 is 0 Å². The van der Waals surface area contributed by atoms with E-state index in [4.69, 9.17) is 5.11 Å². The van der Waals surface area contributed by atoms with Crippen LogP contribution in [0.2, 0.25) is 0 Å². The minimum Gasteiger partial charge on any atom is -0.481 e. The van der Waals surface area contributed by atoms with E-state index in [0.29, 0.717) is 12.8 Å². The van der Waals surface area contributed by atoms with Gasteiger partial charge in [0.2, 0.25) is 10.0 Å². The van der Waals surface area contributed by atoms with Crippen molar-refractivity contribution in [1.82, 2.24) is 4.72 Å². The maximum Gasteiger partial charge on any atom is 0.306 e. The summed E-state index contributed by atoms with van der Waals surface area (Å²) in [5, 5.41) is 8.62. The molecule has 0 aliphatic heterocycles. The number of esters is 1. The number of carboxylic acids is 1. The normalized spacial score (nSPS) is 12.9. The lowest BCUT2D eigenvalue weighted by Crippen LogP contribution is -2.29. The molecule has 0 amide bonds. The molecule has 0 rings (SSSR count). The van der Waals surface area contributed by atoms with Crippen LogP contribution in [0.1, 0.15) is 46.0 Å². The third-order valence-corrected chi connectivity index (χ3v) is 4.48. The van der Waals surface area contributed by atoms with Gasteiger partial charge in [-0.05, 0) is 25.7 Å². The van der Waals surface area contributed by atoms with E-state index in [1.54, 1.807) is 6.92 Å². The average Bonchev–Trinajstić information content (AvgIpc) is 2.40. The zero-order valence-corrected chi connectivity index (χ0v) is 13.4. The molecule has 0 saturated heterocycles. The molecule has 21 heavy (non-hydrogen) atoms. The molecular formula is C13H25NO6S. The topological polar surface area (TPSA) is 110 Å². The van der Waals surface area contributed by atoms with E-state index in [1.165, 1.54) is 0 Å². The van der Waals surface area contributed by atoms with Crippen LogP contribution in [0.15, 0.2) is 0 Å². The molecule has 0 aromatic carbocycles. The fraction of sp³-hybridized carbons (Fsp3) is 0.846. The smallest absolute Gasteiger partial charge is 0.306 e. The molecule has 0 saturated carbocycles. The molecule has 0 bridgehead atoms. The summed E-state index contributed by atoms with van der Waals surface area (Å²) in [4.78, 5) is 21.6. The van der Waals surface area contributed by atoms with Gasteiger partial charge in [-0.2, -0.15) is 0 Å². The Balaban J connectivity index is 4.01. The number of carboxylic acid groups (broad SMARTS) is 1. The molecule has 0 radical (unpaired) electrons. The first-order valence-corrected chi connectivity index (χ1v) is 8.80. The predicted octanol–water partition coefficient (Wildman–Crippen LogP) is 1.14. The summed E-state index contributed by atoms with van der Waals surface area (Å²) in [5.41, 5.74) is 0. The van der Waals surface area contributed by atoms with Crippen LogP contribution in [-0.2, 0) is 24.3 Å². The van der Waals surface area contributed by atoms with Crippen LogP contribution in [0, 0.1) is 5.92 Å². The molecule has 0 aromatic heterocycles. The monoisotopic (exact) mass is 323 g/mol. The number of hydrogen-bond acceptors (Lipinski definition) is 5. The Bertz CT molecular complexity index is 420. The third kappa shape index (κ3) is 11.2. The van der Waals surface area contributed by atoms with E-state index in [1.807, 2.05) is 6.92 Å². The number of sulfonamides is 1. The number of rotatable bonds is 12. The van der Waals surface area contributed by atoms with Crippen LogP contribution in [0.3, 0.4) is 0 Å². The standard InChI is InChI=1S/C13H25NO6S/c1-3-11(5-6-12(15)16)7-9-14-21(18,19)10-8-13(17)20-4-2/h11,14H,3-10H2,1-2H3,(H,15,16). The van der Waals surface area contributed by atoms with Gasteiger partial charge in [0, 0.05) is 13.0 Å². The van der Waals surface area contributed by atoms with Crippen molar-refractivity contribution >= 4 is 22.0 Å². The van der Waals surface area contributed by atoms with E-state index in [0.717, 1.165) is 6.42 Å². The summed E-state index contributed by atoms with van der Waals surface area (Å²) in [7, 11) is -3.50. The Morgan fingerprint density at radius 2 is 1.86 bits per heavy atom. The number of carbonyl (C=O) groups is 2. The van der Waals surface area contributed by atoms with Gasteiger partial charge in [0.25, 0.3) is 0 Å². The first-order valence-electron chi connectivity index (χ1n) is 7.15. The summed E-state index contributed by atoms with van der Waals surface area (Å²) in [6, 6.07) is 0. The summed E-state index contributed by atoms with van der Waals surface area (Å²) in [6.45, 7) is 4.09. The van der Waals surface area contributed by atoms with Gasteiger partial charge in [-0.3, -0.25) is 9.59 Å². The van der Waals surface area contributed by atoms with Crippen LogP contribution >= 0.6 is 0 Å². The summed E-state index contributed by atoms with van der Waals surface area (Å²) in [6.07, 6.45) is 1.85. The molecule has 124 valence electrons. The molecule has 8 heteroatoms. The lowest BCUT2D eigenvalue weighted by atomic mass is 9.97. The molecular weight excluding hydrogens is 298 g/mol. The van der Waals surface area contributed by atoms with Gasteiger partial charge in [0.1, 0.15) is 0 Å². The molecule has 0 aromatic rings. The van der Waals surface area contributed by atoms with Crippen molar-refractivity contribution in [2.24, 2.45) is 5.92 Å². The Morgan fingerprint density at radius 1 is 1.19 bits per heavy atom. The predicted molar refractivity (Wildman–Crippen MR) is 78.3 cm³/mol. The molecule has 0 aliphatic rings. The SMILES string of the molecule is CCOC(=O)CCS(=O)(=O)NCCC(CC)CCC(=O)O. The largest absolute Gasteiger partial charge is 0.481 e. The summed E-state index contributed by atoms with van der Waals surface area (Å²) in [5.74, 6) is -1.49. The zero-order chi connectivity index (χ0) is 16.3. The highest BCUT2D eigenvalue weighted by Crippen LogP contribution is 2.14. The van der Waals surface area contributed by atoms with Crippen molar-refractivity contribution in [3.05, 3.63) is 0 Å². The Hall–Kier alpha value is -1.15. The van der Waals surface area contributed by atoms with Gasteiger partial charge >= 0.3 is 11.9 Å². The van der Waals surface area contributed by atoms with Crippen molar-refractivity contribution < 1.29 is 27.9 Å². The number of carbonyl (C=O) groups excluding carboxylic acids is 1. The van der Waals surface area contributed by atoms with Crippen LogP contribution < -0.4 is 4.72 Å². The van der Waals surface area contributed by atoms with Gasteiger partial charge < -0.3 is 9.84 Å². The number of nitrogens with one attached hydrogen (secondary N) is 1. The average molecular weight is 323 g/mol. The number of hydrogen-bond donors (Lipinski definition) is 2. The molecule has 2 N–H and O–H groups in total. The van der Waals surface area contributed by atoms with E-state index in [2.05, 4.69) is 9.46 Å². The van der Waals surface area contributed by atoms with Crippen LogP contribution in [-0.4, -0.2) is 44.4 Å². The lowest BCUT2D eigenvalue weighted by Gasteiger charge is -2.14. The van der Waals surface area contributed by atoms with Crippen LogP contribution in [0.25, 0.3) is 0 Å². The lowest BCUT2D eigenvalue weighted by molar-refractivity contribution is -0.142. The second-order valence-electron chi connectivity index (χ2n) is 4.76. The van der Waals surface area contributed by atoms with E-state index in [9.17, 15) is 18.0 Å². The van der Waals surface area contributed by atoms with Gasteiger partial charge in [0.05, 0.1) is 18.8 Å². The van der Waals surface area contributed by atoms with Gasteiger partial charge in [-0.1, -0.05) is 13.3 Å². The van der Waals surface area contributed by atoms with E-state index in [-0.39, 0.29) is 37.7 Å². The minimum atomic E-state index is -3.50. The molecule has 0 aliphatic carbocycles. The molecule has 1 atom stereocenters. The Morgan fingerprint density at radius 3 is 2.38 bits per heavy atom. The molecule has 1 unspecified atom stereocenters. The Kier molecular flexibility index (Phi) is 9.98. The van der Waals surface area contributed by atoms with Gasteiger partial charge in [0.15, 0.2) is 0 Å². The summed E-state index contributed by atoms with van der Waals surface area (Å²) >= 11 is 0. The van der Waals surface area contributed by atoms with Gasteiger partial charge in [-0.25, -0.2) is 13.1 Å². The van der Waals surface area contributed by atoms with Crippen LogP contribution in [0.4, 0.5) is 0 Å². The second-order valence-corrected chi connectivity index (χ2v) is 6.69. The fourth-order valence-electron chi connectivity index (χ4n) is 1.82. The highest BCUT2D eigenvalue weighted by molar-refractivity contribution is 7.89. The molecule has 0 heterocycles. The van der Waals surface area contributed by atoms with Gasteiger partial charge in [-0.15, -0.1) is 0 Å². The first-order chi connectivity index (χ1) is 9.80. The third-order valence-electron chi connectivity index (χ3n) is 3.10. The van der Waals surface area contributed by atoms with Crippen molar-refractivity contribution in [1.29, 1.82) is 0 Å². The molecule has 7 nitrogen and oxygen atoms in total. The maximum absolute atomic E-state index is 11.7. The summed E-state index contributed by atoms with van der Waals surface area (Å²) < 4.78 is 30.4. The van der Waals surface area contributed by atoms with Crippen molar-refractivity contribution in [2.75, 3.05) is 18.9 Å². The highest BCUT2D eigenvalue weighted by atomic mass is 32.2. The number of ether oxygens (including phenoxy) is 1.